The lowest BCUT2D eigenvalue weighted by Gasteiger charge is -2.18. The van der Waals surface area contributed by atoms with E-state index in [-0.39, 0.29) is 11.9 Å². The van der Waals surface area contributed by atoms with E-state index in [0.717, 1.165) is 5.56 Å². The fraction of sp³-hybridized carbons (Fsp3) is 0.118. The van der Waals surface area contributed by atoms with Crippen LogP contribution in [-0.4, -0.2) is 20.7 Å². The number of nitrogens with one attached hydrogen (secondary N) is 1. The van der Waals surface area contributed by atoms with Crippen molar-refractivity contribution in [2.45, 2.75) is 12.6 Å². The van der Waals surface area contributed by atoms with Crippen LogP contribution >= 0.6 is 0 Å². The van der Waals surface area contributed by atoms with E-state index in [0.29, 0.717) is 12.3 Å². The summed E-state index contributed by atoms with van der Waals surface area (Å²) in [5.74, 6) is 0.433. The molecule has 23 heavy (non-hydrogen) atoms. The van der Waals surface area contributed by atoms with Gasteiger partial charge < -0.3 is 9.73 Å². The molecular formula is C17H16N4O2. The molecule has 1 aromatic carbocycles. The molecular weight excluding hydrogens is 292 g/mol. The highest BCUT2D eigenvalue weighted by atomic mass is 16.3. The van der Waals surface area contributed by atoms with Gasteiger partial charge in [0.25, 0.3) is 0 Å². The number of nitrogens with zero attached hydrogens (tertiary/aromatic N) is 3. The molecule has 2 aromatic heterocycles. The Bertz CT molecular complexity index is 749. The molecule has 3 aromatic rings. The van der Waals surface area contributed by atoms with Gasteiger partial charge in [0.1, 0.15) is 18.4 Å². The summed E-state index contributed by atoms with van der Waals surface area (Å²) in [6.07, 6.45) is 7.75. The average Bonchev–Trinajstić information content (AvgIpc) is 3.27. The molecule has 0 radical (unpaired) electrons. The van der Waals surface area contributed by atoms with Gasteiger partial charge in [-0.1, -0.05) is 30.3 Å². The Hall–Kier alpha value is -3.15. The van der Waals surface area contributed by atoms with Gasteiger partial charge in [0, 0.05) is 6.08 Å². The Morgan fingerprint density at radius 3 is 2.83 bits per heavy atom. The van der Waals surface area contributed by atoms with E-state index in [4.69, 9.17) is 4.42 Å². The second kappa shape index (κ2) is 7.22. The molecule has 0 spiro atoms. The van der Waals surface area contributed by atoms with Crippen molar-refractivity contribution in [1.82, 2.24) is 20.1 Å². The number of rotatable bonds is 6. The van der Waals surface area contributed by atoms with E-state index in [2.05, 4.69) is 15.4 Å². The van der Waals surface area contributed by atoms with Crippen molar-refractivity contribution >= 4 is 12.0 Å². The van der Waals surface area contributed by atoms with Gasteiger partial charge in [-0.05, 0) is 23.8 Å². The van der Waals surface area contributed by atoms with Crippen LogP contribution in [0.1, 0.15) is 17.4 Å². The van der Waals surface area contributed by atoms with Gasteiger partial charge in [0.05, 0.1) is 18.8 Å². The number of aromatic nitrogens is 3. The number of hydrogen-bond donors (Lipinski definition) is 1. The normalized spacial score (nSPS) is 12.3. The van der Waals surface area contributed by atoms with Gasteiger partial charge in [0.2, 0.25) is 5.91 Å². The van der Waals surface area contributed by atoms with Crippen LogP contribution in [0.4, 0.5) is 0 Å². The Labute approximate surface area is 133 Å². The minimum atomic E-state index is -0.202. The highest BCUT2D eigenvalue weighted by molar-refractivity contribution is 5.91. The summed E-state index contributed by atoms with van der Waals surface area (Å²) in [6.45, 7) is 0.504. The fourth-order valence-electron chi connectivity index (χ4n) is 2.20. The minimum absolute atomic E-state index is 0.199. The summed E-state index contributed by atoms with van der Waals surface area (Å²) >= 11 is 0. The van der Waals surface area contributed by atoms with Crippen LogP contribution in [0.25, 0.3) is 6.08 Å². The maximum atomic E-state index is 12.2. The van der Waals surface area contributed by atoms with Gasteiger partial charge >= 0.3 is 0 Å². The van der Waals surface area contributed by atoms with Crippen LogP contribution in [0.3, 0.4) is 0 Å². The van der Waals surface area contributed by atoms with Crippen molar-refractivity contribution in [3.05, 3.63) is 78.8 Å². The van der Waals surface area contributed by atoms with Crippen LogP contribution in [-0.2, 0) is 11.3 Å². The van der Waals surface area contributed by atoms with Crippen molar-refractivity contribution in [1.29, 1.82) is 0 Å². The number of carbonyl (C=O) groups excluding carboxylic acids is 1. The third-order valence-corrected chi connectivity index (χ3v) is 3.30. The first-order valence-corrected chi connectivity index (χ1v) is 7.21. The van der Waals surface area contributed by atoms with Crippen molar-refractivity contribution in [2.75, 3.05) is 0 Å². The molecule has 0 unspecified atom stereocenters. The molecule has 6 nitrogen and oxygen atoms in total. The zero-order valence-electron chi connectivity index (χ0n) is 12.4. The topological polar surface area (TPSA) is 73.0 Å². The second-order valence-electron chi connectivity index (χ2n) is 4.94. The van der Waals surface area contributed by atoms with Crippen LogP contribution in [0, 0.1) is 0 Å². The highest BCUT2D eigenvalue weighted by Gasteiger charge is 2.14. The Balaban J connectivity index is 1.71. The largest absolute Gasteiger partial charge is 0.465 e. The molecule has 1 N–H and O–H groups in total. The fourth-order valence-corrected chi connectivity index (χ4v) is 2.20. The predicted molar refractivity (Wildman–Crippen MR) is 85.1 cm³/mol. The molecule has 6 heteroatoms. The number of furan rings is 1. The number of benzene rings is 1. The summed E-state index contributed by atoms with van der Waals surface area (Å²) in [5.41, 5.74) is 1.00. The van der Waals surface area contributed by atoms with Gasteiger partial charge in [-0.15, -0.1) is 0 Å². The van der Waals surface area contributed by atoms with Crippen LogP contribution in [0.2, 0.25) is 0 Å². The highest BCUT2D eigenvalue weighted by Crippen LogP contribution is 2.14. The first kappa shape index (κ1) is 14.8. The van der Waals surface area contributed by atoms with E-state index in [1.54, 1.807) is 35.5 Å². The molecule has 1 amide bonds. The molecule has 0 aliphatic carbocycles. The van der Waals surface area contributed by atoms with Crippen LogP contribution in [0.15, 0.2) is 71.9 Å². The quantitative estimate of drug-likeness (QED) is 0.710. The zero-order valence-corrected chi connectivity index (χ0v) is 12.4. The van der Waals surface area contributed by atoms with Gasteiger partial charge in [-0.2, -0.15) is 5.10 Å². The molecule has 0 aliphatic rings. The lowest BCUT2D eigenvalue weighted by atomic mass is 10.1. The third kappa shape index (κ3) is 4.16. The molecule has 0 aliphatic heterocycles. The first-order chi connectivity index (χ1) is 11.3. The SMILES string of the molecule is O=C(/C=C/c1ccco1)N[C@H](Cn1cncn1)c1ccccc1. The van der Waals surface area contributed by atoms with Crippen molar-refractivity contribution < 1.29 is 9.21 Å². The van der Waals surface area contributed by atoms with E-state index < -0.39 is 0 Å². The minimum Gasteiger partial charge on any atom is -0.465 e. The summed E-state index contributed by atoms with van der Waals surface area (Å²) < 4.78 is 6.86. The van der Waals surface area contributed by atoms with Crippen molar-refractivity contribution in [3.8, 4) is 0 Å². The summed E-state index contributed by atoms with van der Waals surface area (Å²) in [5, 5.41) is 7.07. The molecule has 1 atom stereocenters. The van der Waals surface area contributed by atoms with E-state index in [9.17, 15) is 4.79 Å². The molecule has 0 saturated heterocycles. The van der Waals surface area contributed by atoms with Crippen LogP contribution in [0.5, 0.6) is 0 Å². The number of carbonyl (C=O) groups is 1. The van der Waals surface area contributed by atoms with Crippen molar-refractivity contribution in [2.24, 2.45) is 0 Å². The molecule has 0 fully saturated rings. The maximum absolute atomic E-state index is 12.2. The van der Waals surface area contributed by atoms with Gasteiger partial charge in [-0.25, -0.2) is 4.98 Å². The lowest BCUT2D eigenvalue weighted by Crippen LogP contribution is -2.30. The van der Waals surface area contributed by atoms with Crippen molar-refractivity contribution in [3.63, 3.8) is 0 Å². The van der Waals surface area contributed by atoms with E-state index >= 15 is 0 Å². The van der Waals surface area contributed by atoms with E-state index in [1.165, 1.54) is 12.4 Å². The summed E-state index contributed by atoms with van der Waals surface area (Å²) in [6, 6.07) is 13.1. The Morgan fingerprint density at radius 1 is 1.26 bits per heavy atom. The van der Waals surface area contributed by atoms with Gasteiger partial charge in [-0.3, -0.25) is 9.48 Å². The Kier molecular flexibility index (Phi) is 4.63. The summed E-state index contributed by atoms with van der Waals surface area (Å²) in [4.78, 5) is 16.1. The van der Waals surface area contributed by atoms with Crippen LogP contribution < -0.4 is 5.32 Å². The molecule has 2 heterocycles. The predicted octanol–water partition coefficient (Wildman–Crippen LogP) is 2.44. The average molecular weight is 308 g/mol. The number of hydrogen-bond acceptors (Lipinski definition) is 4. The first-order valence-electron chi connectivity index (χ1n) is 7.21. The zero-order chi connectivity index (χ0) is 15.9. The van der Waals surface area contributed by atoms with Gasteiger partial charge in [0.15, 0.2) is 0 Å². The number of amides is 1. The molecule has 0 saturated carbocycles. The molecule has 0 bridgehead atoms. The third-order valence-electron chi connectivity index (χ3n) is 3.30. The maximum Gasteiger partial charge on any atom is 0.244 e. The smallest absolute Gasteiger partial charge is 0.244 e. The van der Waals surface area contributed by atoms with E-state index in [1.807, 2.05) is 30.3 Å². The second-order valence-corrected chi connectivity index (χ2v) is 4.94. The molecule has 3 rings (SSSR count). The Morgan fingerprint density at radius 2 is 2.13 bits per heavy atom. The molecule has 116 valence electrons. The standard InChI is InChI=1S/C17H16N4O2/c22-17(9-8-15-7-4-10-23-15)20-16(11-21-13-18-12-19-21)14-5-2-1-3-6-14/h1-10,12-13,16H,11H2,(H,20,22)/b9-8+/t16-/m1/s1. The lowest BCUT2D eigenvalue weighted by molar-refractivity contribution is -0.117. The monoisotopic (exact) mass is 308 g/mol. The summed E-state index contributed by atoms with van der Waals surface area (Å²) in [7, 11) is 0.